The number of aromatic amines is 1. The number of para-hydroxylation sites is 1. The third-order valence-electron chi connectivity index (χ3n) is 5.09. The molecule has 3 aromatic carbocycles. The summed E-state index contributed by atoms with van der Waals surface area (Å²) < 4.78 is 5.22. The molecule has 1 aromatic heterocycles. The van der Waals surface area contributed by atoms with Crippen LogP contribution in [-0.4, -0.2) is 17.1 Å². The lowest BCUT2D eigenvalue weighted by Gasteiger charge is -2.11. The van der Waals surface area contributed by atoms with Gasteiger partial charge in [0.2, 0.25) is 5.95 Å². The normalized spacial score (nSPS) is 10.9. The van der Waals surface area contributed by atoms with Crippen molar-refractivity contribution in [3.8, 4) is 5.75 Å². The van der Waals surface area contributed by atoms with Crippen molar-refractivity contribution in [2.75, 3.05) is 17.7 Å². The Morgan fingerprint density at radius 3 is 2.38 bits per heavy atom. The molecule has 148 valence electrons. The number of benzene rings is 3. The largest absolute Gasteiger partial charge is 0.497 e. The number of imidazole rings is 1. The van der Waals surface area contributed by atoms with Gasteiger partial charge in [-0.2, -0.15) is 0 Å². The molecule has 0 fully saturated rings. The summed E-state index contributed by atoms with van der Waals surface area (Å²) >= 11 is 0. The summed E-state index contributed by atoms with van der Waals surface area (Å²) in [6.45, 7) is 7.05. The fraction of sp³-hybridized carbons (Fsp3) is 0.208. The van der Waals surface area contributed by atoms with Gasteiger partial charge >= 0.3 is 0 Å². The van der Waals surface area contributed by atoms with Crippen LogP contribution in [0.15, 0.2) is 54.6 Å². The molecule has 0 amide bonds. The van der Waals surface area contributed by atoms with Gasteiger partial charge in [0.05, 0.1) is 18.1 Å². The first kappa shape index (κ1) is 18.9. The van der Waals surface area contributed by atoms with Crippen LogP contribution in [0.2, 0.25) is 0 Å². The fourth-order valence-corrected chi connectivity index (χ4v) is 3.70. The van der Waals surface area contributed by atoms with Crippen molar-refractivity contribution >= 4 is 28.4 Å². The van der Waals surface area contributed by atoms with E-state index < -0.39 is 0 Å². The van der Waals surface area contributed by atoms with Gasteiger partial charge in [0, 0.05) is 17.9 Å². The Labute approximate surface area is 171 Å². The van der Waals surface area contributed by atoms with E-state index in [1.54, 1.807) is 7.11 Å². The van der Waals surface area contributed by atoms with E-state index >= 15 is 0 Å². The minimum absolute atomic E-state index is 0.691. The number of anilines is 3. The lowest BCUT2D eigenvalue weighted by molar-refractivity contribution is 0.415. The Balaban J connectivity index is 1.57. The van der Waals surface area contributed by atoms with Gasteiger partial charge in [-0.3, -0.25) is 0 Å². The summed E-state index contributed by atoms with van der Waals surface area (Å²) in [6.07, 6.45) is 0. The average molecular weight is 386 g/mol. The Hall–Kier alpha value is -3.47. The number of fused-ring (bicyclic) bond motifs is 1. The van der Waals surface area contributed by atoms with Crippen molar-refractivity contribution < 1.29 is 4.74 Å². The third-order valence-corrected chi connectivity index (χ3v) is 5.09. The van der Waals surface area contributed by atoms with Crippen LogP contribution in [0.1, 0.15) is 22.3 Å². The maximum Gasteiger partial charge on any atom is 0.205 e. The summed E-state index contributed by atoms with van der Waals surface area (Å²) in [6, 6.07) is 18.5. The van der Waals surface area contributed by atoms with Crippen LogP contribution < -0.4 is 15.4 Å². The van der Waals surface area contributed by atoms with Gasteiger partial charge in [0.25, 0.3) is 0 Å². The predicted molar refractivity (Wildman–Crippen MR) is 120 cm³/mol. The van der Waals surface area contributed by atoms with Crippen LogP contribution in [0.25, 0.3) is 11.0 Å². The second-order valence-corrected chi connectivity index (χ2v) is 7.38. The zero-order valence-corrected chi connectivity index (χ0v) is 17.3. The lowest BCUT2D eigenvalue weighted by atomic mass is 10.1. The molecule has 5 nitrogen and oxygen atoms in total. The summed E-state index contributed by atoms with van der Waals surface area (Å²) in [7, 11) is 1.67. The van der Waals surface area contributed by atoms with Crippen LogP contribution in [0.3, 0.4) is 0 Å². The number of aryl methyl sites for hydroxylation is 3. The van der Waals surface area contributed by atoms with Gasteiger partial charge < -0.3 is 20.4 Å². The van der Waals surface area contributed by atoms with E-state index in [1.807, 2.05) is 24.3 Å². The molecule has 0 radical (unpaired) electrons. The van der Waals surface area contributed by atoms with Crippen molar-refractivity contribution in [1.82, 2.24) is 9.97 Å². The molecule has 3 N–H and O–H groups in total. The molecule has 29 heavy (non-hydrogen) atoms. The monoisotopic (exact) mass is 386 g/mol. The van der Waals surface area contributed by atoms with E-state index in [4.69, 9.17) is 9.72 Å². The fourth-order valence-electron chi connectivity index (χ4n) is 3.70. The van der Waals surface area contributed by atoms with E-state index in [1.165, 1.54) is 16.7 Å². The molecule has 4 aromatic rings. The molecule has 1 heterocycles. The topological polar surface area (TPSA) is 62.0 Å². The van der Waals surface area contributed by atoms with E-state index in [0.29, 0.717) is 6.54 Å². The lowest BCUT2D eigenvalue weighted by Crippen LogP contribution is -2.00. The number of ether oxygens (including phenoxy) is 1. The zero-order chi connectivity index (χ0) is 20.4. The molecule has 4 rings (SSSR count). The van der Waals surface area contributed by atoms with Crippen LogP contribution >= 0.6 is 0 Å². The SMILES string of the molecule is COc1ccc(NCc2cccc3[nH]c(Nc4c(C)cc(C)cc4C)nc23)cc1. The van der Waals surface area contributed by atoms with Crippen molar-refractivity contribution in [2.24, 2.45) is 0 Å². The van der Waals surface area contributed by atoms with E-state index in [0.717, 1.165) is 39.7 Å². The molecule has 0 saturated carbocycles. The Kier molecular flexibility index (Phi) is 5.12. The van der Waals surface area contributed by atoms with E-state index in [9.17, 15) is 0 Å². The Morgan fingerprint density at radius 1 is 0.966 bits per heavy atom. The number of methoxy groups -OCH3 is 1. The zero-order valence-electron chi connectivity index (χ0n) is 17.3. The second-order valence-electron chi connectivity index (χ2n) is 7.38. The highest BCUT2D eigenvalue weighted by atomic mass is 16.5. The molecule has 0 aliphatic carbocycles. The molecule has 0 bridgehead atoms. The van der Waals surface area contributed by atoms with Crippen molar-refractivity contribution in [1.29, 1.82) is 0 Å². The number of aromatic nitrogens is 2. The highest BCUT2D eigenvalue weighted by molar-refractivity contribution is 5.82. The van der Waals surface area contributed by atoms with Crippen LogP contribution in [0.4, 0.5) is 17.3 Å². The molecule has 0 aliphatic heterocycles. The molecule has 5 heteroatoms. The van der Waals surface area contributed by atoms with Crippen molar-refractivity contribution in [3.63, 3.8) is 0 Å². The van der Waals surface area contributed by atoms with Gasteiger partial charge in [0.1, 0.15) is 5.75 Å². The van der Waals surface area contributed by atoms with Crippen LogP contribution in [-0.2, 0) is 6.54 Å². The highest BCUT2D eigenvalue weighted by Gasteiger charge is 2.10. The standard InChI is InChI=1S/C24H26N4O/c1-15-12-16(2)22(17(3)13-15)27-24-26-21-7-5-6-18(23(21)28-24)14-25-19-8-10-20(29-4)11-9-19/h5-13,25H,14H2,1-4H3,(H2,26,27,28). The van der Waals surface area contributed by atoms with Gasteiger partial charge in [0.15, 0.2) is 0 Å². The number of rotatable bonds is 6. The molecule has 0 atom stereocenters. The summed E-state index contributed by atoms with van der Waals surface area (Å²) in [5.41, 5.74) is 8.97. The number of hydrogen-bond acceptors (Lipinski definition) is 4. The molecule has 0 unspecified atom stereocenters. The van der Waals surface area contributed by atoms with Crippen molar-refractivity contribution in [2.45, 2.75) is 27.3 Å². The first-order valence-corrected chi connectivity index (χ1v) is 9.74. The van der Waals surface area contributed by atoms with E-state index in [-0.39, 0.29) is 0 Å². The van der Waals surface area contributed by atoms with Gasteiger partial charge in [-0.25, -0.2) is 4.98 Å². The Bertz CT molecular complexity index is 1120. The van der Waals surface area contributed by atoms with Crippen LogP contribution in [0.5, 0.6) is 5.75 Å². The quantitative estimate of drug-likeness (QED) is 0.389. The molecular weight excluding hydrogens is 360 g/mol. The number of nitrogens with one attached hydrogen (secondary N) is 3. The third kappa shape index (κ3) is 4.04. The highest BCUT2D eigenvalue weighted by Crippen LogP contribution is 2.27. The molecule has 0 aliphatic rings. The predicted octanol–water partition coefficient (Wildman–Crippen LogP) is 5.85. The van der Waals surface area contributed by atoms with Gasteiger partial charge in [-0.05, 0) is 67.8 Å². The number of H-pyrrole nitrogens is 1. The molecule has 0 saturated heterocycles. The van der Waals surface area contributed by atoms with Gasteiger partial charge in [-0.1, -0.05) is 29.8 Å². The average Bonchev–Trinajstić information content (AvgIpc) is 3.13. The maximum atomic E-state index is 5.22. The smallest absolute Gasteiger partial charge is 0.205 e. The molecule has 0 spiro atoms. The maximum absolute atomic E-state index is 5.22. The first-order chi connectivity index (χ1) is 14.0. The summed E-state index contributed by atoms with van der Waals surface area (Å²) in [5, 5.41) is 6.93. The second kappa shape index (κ2) is 7.87. The summed E-state index contributed by atoms with van der Waals surface area (Å²) in [5.74, 6) is 1.61. The number of nitrogens with zero attached hydrogens (tertiary/aromatic N) is 1. The molecular formula is C24H26N4O. The first-order valence-electron chi connectivity index (χ1n) is 9.74. The van der Waals surface area contributed by atoms with Crippen molar-refractivity contribution in [3.05, 3.63) is 76.9 Å². The van der Waals surface area contributed by atoms with Gasteiger partial charge in [-0.15, -0.1) is 0 Å². The van der Waals surface area contributed by atoms with Crippen LogP contribution in [0, 0.1) is 20.8 Å². The number of hydrogen-bond donors (Lipinski definition) is 3. The van der Waals surface area contributed by atoms with E-state index in [2.05, 4.69) is 66.7 Å². The minimum atomic E-state index is 0.691. The Morgan fingerprint density at radius 2 is 1.69 bits per heavy atom. The summed E-state index contributed by atoms with van der Waals surface area (Å²) in [4.78, 5) is 8.23. The minimum Gasteiger partial charge on any atom is -0.497 e.